The fourth-order valence-electron chi connectivity index (χ4n) is 2.53. The Bertz CT molecular complexity index is 649. The van der Waals surface area contributed by atoms with Gasteiger partial charge >= 0.3 is 0 Å². The minimum atomic E-state index is -0.103. The molecule has 3 N–H and O–H groups in total. The molecule has 1 atom stereocenters. The Morgan fingerprint density at radius 2 is 1.82 bits per heavy atom. The number of fused-ring (bicyclic) bond motifs is 1. The largest absolute Gasteiger partial charge is 0.504 e. The van der Waals surface area contributed by atoms with Gasteiger partial charge in [0.25, 0.3) is 0 Å². The van der Waals surface area contributed by atoms with Gasteiger partial charge in [-0.15, -0.1) is 17.0 Å². The Kier molecular flexibility index (Phi) is 5.56. The van der Waals surface area contributed by atoms with Crippen LogP contribution in [0.3, 0.4) is 0 Å². The number of nitrogens with one attached hydrogen (secondary N) is 1. The van der Waals surface area contributed by atoms with Gasteiger partial charge in [0, 0.05) is 5.02 Å². The van der Waals surface area contributed by atoms with E-state index in [2.05, 4.69) is 5.32 Å². The lowest BCUT2D eigenvalue weighted by molar-refractivity contribution is 0.260. The molecule has 3 rings (SSSR count). The highest BCUT2D eigenvalue weighted by atomic mass is 79.9. The van der Waals surface area contributed by atoms with E-state index in [0.717, 1.165) is 29.8 Å². The van der Waals surface area contributed by atoms with Crippen LogP contribution < -0.4 is 10.1 Å². The standard InChI is InChI=1S/C16H16ClNO3.BrH/c17-11-1-3-12(4-2-11)21-9-14-13-8-16(20)15(19)7-10(13)5-6-18-14;/h1-4,7-8,14,18-20H,5-6,9H2;1H. The second-order valence-corrected chi connectivity index (χ2v) is 5.50. The van der Waals surface area contributed by atoms with Crippen molar-refractivity contribution in [2.45, 2.75) is 12.5 Å². The van der Waals surface area contributed by atoms with E-state index in [4.69, 9.17) is 16.3 Å². The second kappa shape index (κ2) is 7.22. The molecule has 0 spiro atoms. The monoisotopic (exact) mass is 385 g/mol. The van der Waals surface area contributed by atoms with Crippen molar-refractivity contribution < 1.29 is 14.9 Å². The van der Waals surface area contributed by atoms with Crippen molar-refractivity contribution in [1.29, 1.82) is 0 Å². The number of ether oxygens (including phenoxy) is 1. The number of benzene rings is 2. The van der Waals surface area contributed by atoms with Gasteiger partial charge in [-0.2, -0.15) is 0 Å². The normalized spacial score (nSPS) is 16.5. The molecule has 0 amide bonds. The van der Waals surface area contributed by atoms with E-state index in [0.29, 0.717) is 11.6 Å². The van der Waals surface area contributed by atoms with Gasteiger partial charge < -0.3 is 20.3 Å². The number of phenols is 2. The summed E-state index contributed by atoms with van der Waals surface area (Å²) in [6.45, 7) is 1.25. The maximum Gasteiger partial charge on any atom is 0.157 e. The maximum atomic E-state index is 9.68. The van der Waals surface area contributed by atoms with E-state index in [9.17, 15) is 10.2 Å². The summed E-state index contributed by atoms with van der Waals surface area (Å²) >= 11 is 5.84. The quantitative estimate of drug-likeness (QED) is 0.706. The average molecular weight is 387 g/mol. The number of rotatable bonds is 3. The number of halogens is 2. The van der Waals surface area contributed by atoms with Gasteiger partial charge in [0.1, 0.15) is 12.4 Å². The molecule has 1 heterocycles. The van der Waals surface area contributed by atoms with Crippen LogP contribution in [-0.2, 0) is 6.42 Å². The topological polar surface area (TPSA) is 61.7 Å². The van der Waals surface area contributed by atoms with Gasteiger partial charge in [-0.25, -0.2) is 0 Å². The number of hydrogen-bond donors (Lipinski definition) is 3. The highest BCUT2D eigenvalue weighted by Crippen LogP contribution is 2.33. The van der Waals surface area contributed by atoms with Gasteiger partial charge in [-0.1, -0.05) is 11.6 Å². The van der Waals surface area contributed by atoms with Crippen molar-refractivity contribution in [3.8, 4) is 17.2 Å². The number of aromatic hydroxyl groups is 2. The van der Waals surface area contributed by atoms with Gasteiger partial charge in [-0.3, -0.25) is 0 Å². The molecule has 2 aromatic rings. The molecule has 1 aliphatic heterocycles. The van der Waals surface area contributed by atoms with E-state index in [1.54, 1.807) is 24.3 Å². The van der Waals surface area contributed by atoms with Gasteiger partial charge in [0.05, 0.1) is 6.04 Å². The molecule has 0 saturated heterocycles. The summed E-state index contributed by atoms with van der Waals surface area (Å²) in [4.78, 5) is 0. The van der Waals surface area contributed by atoms with Crippen LogP contribution in [0.1, 0.15) is 17.2 Å². The molecule has 22 heavy (non-hydrogen) atoms. The van der Waals surface area contributed by atoms with Crippen LogP contribution in [0.2, 0.25) is 5.02 Å². The van der Waals surface area contributed by atoms with Crippen LogP contribution in [0.4, 0.5) is 0 Å². The van der Waals surface area contributed by atoms with Crippen LogP contribution in [0.25, 0.3) is 0 Å². The lowest BCUT2D eigenvalue weighted by Crippen LogP contribution is -2.33. The molecule has 6 heteroatoms. The van der Waals surface area contributed by atoms with Gasteiger partial charge in [0.2, 0.25) is 0 Å². The Hall–Kier alpha value is -1.43. The summed E-state index contributed by atoms with van der Waals surface area (Å²) < 4.78 is 5.76. The minimum Gasteiger partial charge on any atom is -0.504 e. The van der Waals surface area contributed by atoms with Crippen molar-refractivity contribution >= 4 is 28.6 Å². The molecular weight excluding hydrogens is 370 g/mol. The first-order valence-electron chi connectivity index (χ1n) is 6.80. The molecule has 0 radical (unpaired) electrons. The van der Waals surface area contributed by atoms with Crippen LogP contribution in [0, 0.1) is 0 Å². The molecule has 0 aromatic heterocycles. The summed E-state index contributed by atoms with van der Waals surface area (Å²) in [5, 5.41) is 23.3. The summed E-state index contributed by atoms with van der Waals surface area (Å²) in [7, 11) is 0. The fourth-order valence-corrected chi connectivity index (χ4v) is 2.65. The first kappa shape index (κ1) is 16.9. The molecule has 0 bridgehead atoms. The Morgan fingerprint density at radius 1 is 1.14 bits per heavy atom. The molecule has 1 aliphatic rings. The van der Waals surface area contributed by atoms with E-state index >= 15 is 0 Å². The van der Waals surface area contributed by atoms with Crippen molar-refractivity contribution in [3.05, 3.63) is 52.5 Å². The summed E-state index contributed by atoms with van der Waals surface area (Å²) in [5.74, 6) is 0.568. The Balaban J connectivity index is 0.00000176. The third-order valence-corrected chi connectivity index (χ3v) is 3.88. The van der Waals surface area contributed by atoms with Crippen LogP contribution in [0.15, 0.2) is 36.4 Å². The summed E-state index contributed by atoms with van der Waals surface area (Å²) in [5.41, 5.74) is 2.00. The highest BCUT2D eigenvalue weighted by molar-refractivity contribution is 8.93. The Morgan fingerprint density at radius 3 is 2.55 bits per heavy atom. The van der Waals surface area contributed by atoms with Crippen LogP contribution in [0.5, 0.6) is 17.2 Å². The Labute approximate surface area is 144 Å². The van der Waals surface area contributed by atoms with E-state index in [-0.39, 0.29) is 34.5 Å². The van der Waals surface area contributed by atoms with E-state index < -0.39 is 0 Å². The van der Waals surface area contributed by atoms with Crippen LogP contribution in [-0.4, -0.2) is 23.4 Å². The zero-order chi connectivity index (χ0) is 14.8. The average Bonchev–Trinajstić information content (AvgIpc) is 2.48. The third kappa shape index (κ3) is 3.66. The summed E-state index contributed by atoms with van der Waals surface area (Å²) in [6.07, 6.45) is 0.820. The van der Waals surface area contributed by atoms with Crippen molar-refractivity contribution in [2.75, 3.05) is 13.2 Å². The molecule has 2 aromatic carbocycles. The van der Waals surface area contributed by atoms with E-state index in [1.165, 1.54) is 0 Å². The first-order chi connectivity index (χ1) is 10.1. The van der Waals surface area contributed by atoms with E-state index in [1.807, 2.05) is 12.1 Å². The third-order valence-electron chi connectivity index (χ3n) is 3.63. The number of hydrogen-bond acceptors (Lipinski definition) is 4. The smallest absolute Gasteiger partial charge is 0.157 e. The maximum absolute atomic E-state index is 9.68. The zero-order valence-corrected chi connectivity index (χ0v) is 14.2. The SMILES string of the molecule is Br.Oc1cc2c(cc1O)C(COc1ccc(Cl)cc1)NCC2. The molecule has 4 nitrogen and oxygen atoms in total. The molecule has 0 aliphatic carbocycles. The van der Waals surface area contributed by atoms with Gasteiger partial charge in [-0.05, 0) is 60.5 Å². The molecular formula is C16H17BrClNO3. The summed E-state index contributed by atoms with van der Waals surface area (Å²) in [6, 6.07) is 10.4. The lowest BCUT2D eigenvalue weighted by Gasteiger charge is -2.27. The minimum absolute atomic E-state index is 0. The molecule has 0 fully saturated rings. The number of phenolic OH excluding ortho intramolecular Hbond substituents is 2. The molecule has 118 valence electrons. The molecule has 1 unspecified atom stereocenters. The second-order valence-electron chi connectivity index (χ2n) is 5.06. The first-order valence-corrected chi connectivity index (χ1v) is 7.18. The van der Waals surface area contributed by atoms with Crippen LogP contribution >= 0.6 is 28.6 Å². The lowest BCUT2D eigenvalue weighted by atomic mass is 9.94. The van der Waals surface area contributed by atoms with Gasteiger partial charge in [0.15, 0.2) is 11.5 Å². The van der Waals surface area contributed by atoms with Crippen molar-refractivity contribution in [1.82, 2.24) is 5.32 Å². The fraction of sp³-hybridized carbons (Fsp3) is 0.250. The molecule has 0 saturated carbocycles. The predicted octanol–water partition coefficient (Wildman–Crippen LogP) is 3.59. The zero-order valence-electron chi connectivity index (χ0n) is 11.8. The highest BCUT2D eigenvalue weighted by Gasteiger charge is 2.22. The predicted molar refractivity (Wildman–Crippen MR) is 91.5 cm³/mol. The van der Waals surface area contributed by atoms with Crippen molar-refractivity contribution in [2.24, 2.45) is 0 Å². The van der Waals surface area contributed by atoms with Crippen molar-refractivity contribution in [3.63, 3.8) is 0 Å².